The Balaban J connectivity index is 1.92. The SMILES string of the molecule is CC(CO)NC(=O)C1CSC(Cc2ccccc2F)C(=O)N1. The summed E-state index contributed by atoms with van der Waals surface area (Å²) in [6, 6.07) is 5.39. The van der Waals surface area contributed by atoms with E-state index in [9.17, 15) is 14.0 Å². The number of hydrogen-bond acceptors (Lipinski definition) is 4. The number of amides is 2. The monoisotopic (exact) mass is 326 g/mol. The number of carbonyl (C=O) groups is 2. The van der Waals surface area contributed by atoms with Crippen molar-refractivity contribution in [3.8, 4) is 0 Å². The lowest BCUT2D eigenvalue weighted by atomic mass is 10.1. The highest BCUT2D eigenvalue weighted by Gasteiger charge is 2.33. The van der Waals surface area contributed by atoms with E-state index < -0.39 is 11.3 Å². The van der Waals surface area contributed by atoms with E-state index in [2.05, 4.69) is 10.6 Å². The smallest absolute Gasteiger partial charge is 0.243 e. The first kappa shape index (κ1) is 16.8. The fourth-order valence-electron chi connectivity index (χ4n) is 2.14. The van der Waals surface area contributed by atoms with Crippen molar-refractivity contribution < 1.29 is 19.1 Å². The van der Waals surface area contributed by atoms with Crippen LogP contribution in [0.5, 0.6) is 0 Å². The van der Waals surface area contributed by atoms with Crippen LogP contribution in [0, 0.1) is 5.82 Å². The summed E-state index contributed by atoms with van der Waals surface area (Å²) in [6.45, 7) is 1.52. The molecule has 1 heterocycles. The summed E-state index contributed by atoms with van der Waals surface area (Å²) in [5, 5.41) is 13.8. The highest BCUT2D eigenvalue weighted by atomic mass is 32.2. The summed E-state index contributed by atoms with van der Waals surface area (Å²) in [5.74, 6) is -0.481. The van der Waals surface area contributed by atoms with Gasteiger partial charge in [0.1, 0.15) is 11.9 Å². The van der Waals surface area contributed by atoms with Crippen LogP contribution in [-0.2, 0) is 16.0 Å². The standard InChI is InChI=1S/C15H19FN2O3S/c1-9(7-19)17-14(20)12-8-22-13(15(21)18-12)6-10-4-2-3-5-11(10)16/h2-5,9,12-13,19H,6-8H2,1H3,(H,17,20)(H,18,21). The van der Waals surface area contributed by atoms with Gasteiger partial charge in [-0.1, -0.05) is 18.2 Å². The molecule has 1 aromatic carbocycles. The zero-order chi connectivity index (χ0) is 16.1. The molecule has 0 aromatic heterocycles. The van der Waals surface area contributed by atoms with Crippen molar-refractivity contribution in [1.29, 1.82) is 0 Å². The van der Waals surface area contributed by atoms with Gasteiger partial charge < -0.3 is 15.7 Å². The third kappa shape index (κ3) is 4.20. The van der Waals surface area contributed by atoms with Gasteiger partial charge in [0.2, 0.25) is 11.8 Å². The summed E-state index contributed by atoms with van der Waals surface area (Å²) in [5.41, 5.74) is 0.493. The number of benzene rings is 1. The van der Waals surface area contributed by atoms with E-state index in [0.717, 1.165) is 0 Å². The van der Waals surface area contributed by atoms with Gasteiger partial charge >= 0.3 is 0 Å². The number of nitrogens with one attached hydrogen (secondary N) is 2. The molecule has 1 aliphatic heterocycles. The third-order valence-corrected chi connectivity index (χ3v) is 4.72. The molecule has 0 spiro atoms. The highest BCUT2D eigenvalue weighted by Crippen LogP contribution is 2.23. The zero-order valence-corrected chi connectivity index (χ0v) is 13.0. The number of aliphatic hydroxyl groups is 1. The van der Waals surface area contributed by atoms with Crippen molar-refractivity contribution in [2.45, 2.75) is 30.7 Å². The molecule has 1 aliphatic rings. The third-order valence-electron chi connectivity index (χ3n) is 3.42. The van der Waals surface area contributed by atoms with Crippen molar-refractivity contribution in [2.24, 2.45) is 0 Å². The van der Waals surface area contributed by atoms with Crippen molar-refractivity contribution in [2.75, 3.05) is 12.4 Å². The molecule has 0 radical (unpaired) electrons. The molecule has 7 heteroatoms. The molecule has 2 rings (SSSR count). The van der Waals surface area contributed by atoms with Gasteiger partial charge in [-0.15, -0.1) is 11.8 Å². The second-order valence-corrected chi connectivity index (χ2v) is 6.51. The van der Waals surface area contributed by atoms with E-state index in [4.69, 9.17) is 5.11 Å². The Morgan fingerprint density at radius 2 is 2.27 bits per heavy atom. The average Bonchev–Trinajstić information content (AvgIpc) is 2.51. The van der Waals surface area contributed by atoms with Crippen LogP contribution in [0.3, 0.4) is 0 Å². The van der Waals surface area contributed by atoms with E-state index in [1.165, 1.54) is 17.8 Å². The highest BCUT2D eigenvalue weighted by molar-refractivity contribution is 8.00. The average molecular weight is 326 g/mol. The minimum Gasteiger partial charge on any atom is -0.394 e. The molecule has 2 amide bonds. The van der Waals surface area contributed by atoms with E-state index >= 15 is 0 Å². The second kappa shape index (κ2) is 7.60. The molecule has 1 aromatic rings. The minimum absolute atomic E-state index is 0.157. The van der Waals surface area contributed by atoms with Gasteiger partial charge in [0.25, 0.3) is 0 Å². The van der Waals surface area contributed by atoms with Crippen LogP contribution in [0.4, 0.5) is 4.39 Å². The summed E-state index contributed by atoms with van der Waals surface area (Å²) in [6.07, 6.45) is 0.296. The number of halogens is 1. The Labute approximate surface area is 132 Å². The molecule has 1 fully saturated rings. The van der Waals surface area contributed by atoms with Gasteiger partial charge in [-0.25, -0.2) is 4.39 Å². The minimum atomic E-state index is -0.622. The lowest BCUT2D eigenvalue weighted by Gasteiger charge is -2.28. The van der Waals surface area contributed by atoms with Crippen LogP contribution in [-0.4, -0.2) is 46.6 Å². The first-order valence-electron chi connectivity index (χ1n) is 7.08. The van der Waals surface area contributed by atoms with Crippen LogP contribution in [0.1, 0.15) is 12.5 Å². The second-order valence-electron chi connectivity index (χ2n) is 5.27. The van der Waals surface area contributed by atoms with Crippen molar-refractivity contribution >= 4 is 23.6 Å². The largest absolute Gasteiger partial charge is 0.394 e. The van der Waals surface area contributed by atoms with Gasteiger partial charge in [0, 0.05) is 11.8 Å². The predicted molar refractivity (Wildman–Crippen MR) is 83.0 cm³/mol. The number of aliphatic hydroxyl groups excluding tert-OH is 1. The fraction of sp³-hybridized carbons (Fsp3) is 0.467. The van der Waals surface area contributed by atoms with Crippen LogP contribution < -0.4 is 10.6 Å². The van der Waals surface area contributed by atoms with Gasteiger partial charge in [-0.3, -0.25) is 9.59 Å². The van der Waals surface area contributed by atoms with E-state index in [-0.39, 0.29) is 30.3 Å². The molecule has 0 bridgehead atoms. The van der Waals surface area contributed by atoms with Crippen LogP contribution >= 0.6 is 11.8 Å². The number of thioether (sulfide) groups is 1. The zero-order valence-electron chi connectivity index (χ0n) is 12.2. The molecule has 120 valence electrons. The molecule has 3 N–H and O–H groups in total. The lowest BCUT2D eigenvalue weighted by molar-refractivity contribution is -0.129. The van der Waals surface area contributed by atoms with Crippen molar-refractivity contribution in [1.82, 2.24) is 10.6 Å². The first-order valence-corrected chi connectivity index (χ1v) is 8.12. The molecular weight excluding hydrogens is 307 g/mol. The van der Waals surface area contributed by atoms with Crippen molar-refractivity contribution in [3.63, 3.8) is 0 Å². The maximum absolute atomic E-state index is 13.6. The molecule has 5 nitrogen and oxygen atoms in total. The quantitative estimate of drug-likeness (QED) is 0.735. The number of carbonyl (C=O) groups excluding carboxylic acids is 2. The van der Waals surface area contributed by atoms with E-state index in [0.29, 0.717) is 17.7 Å². The van der Waals surface area contributed by atoms with E-state index in [1.807, 2.05) is 0 Å². The predicted octanol–water partition coefficient (Wildman–Crippen LogP) is 0.465. The Bertz CT molecular complexity index is 555. The number of rotatable bonds is 5. The summed E-state index contributed by atoms with van der Waals surface area (Å²) < 4.78 is 13.6. The maximum atomic E-state index is 13.6. The normalized spacial score (nSPS) is 22.8. The Kier molecular flexibility index (Phi) is 5.79. The van der Waals surface area contributed by atoms with E-state index in [1.54, 1.807) is 25.1 Å². The Hall–Kier alpha value is -1.60. The molecule has 0 saturated carbocycles. The van der Waals surface area contributed by atoms with Gasteiger partial charge in [-0.05, 0) is 25.0 Å². The van der Waals surface area contributed by atoms with Gasteiger partial charge in [-0.2, -0.15) is 0 Å². The molecule has 0 aliphatic carbocycles. The van der Waals surface area contributed by atoms with Crippen LogP contribution in [0.15, 0.2) is 24.3 Å². The Morgan fingerprint density at radius 3 is 2.91 bits per heavy atom. The van der Waals surface area contributed by atoms with Gasteiger partial charge in [0.15, 0.2) is 0 Å². The summed E-state index contributed by atoms with van der Waals surface area (Å²) >= 11 is 1.34. The number of hydrogen-bond donors (Lipinski definition) is 3. The van der Waals surface area contributed by atoms with Gasteiger partial charge in [0.05, 0.1) is 11.9 Å². The lowest BCUT2D eigenvalue weighted by Crippen LogP contribution is -2.56. The maximum Gasteiger partial charge on any atom is 0.243 e. The van der Waals surface area contributed by atoms with Crippen LogP contribution in [0.25, 0.3) is 0 Å². The summed E-state index contributed by atoms with van der Waals surface area (Å²) in [7, 11) is 0. The van der Waals surface area contributed by atoms with Crippen molar-refractivity contribution in [3.05, 3.63) is 35.6 Å². The van der Waals surface area contributed by atoms with Crippen LogP contribution in [0.2, 0.25) is 0 Å². The first-order chi connectivity index (χ1) is 10.5. The molecule has 3 unspecified atom stereocenters. The fourth-order valence-corrected chi connectivity index (χ4v) is 3.32. The Morgan fingerprint density at radius 1 is 1.55 bits per heavy atom. The summed E-state index contributed by atoms with van der Waals surface area (Å²) in [4.78, 5) is 24.0. The molecule has 1 saturated heterocycles. The molecule has 22 heavy (non-hydrogen) atoms. The topological polar surface area (TPSA) is 78.4 Å². The molecular formula is C15H19FN2O3S. The molecule has 3 atom stereocenters.